The van der Waals surface area contributed by atoms with Crippen LogP contribution in [-0.2, 0) is 6.67 Å². The number of para-hydroxylation sites is 2. The quantitative estimate of drug-likeness (QED) is 0.554. The molecule has 4 nitrogen and oxygen atoms in total. The molecule has 0 aliphatic carbocycles. The van der Waals surface area contributed by atoms with E-state index in [0.29, 0.717) is 11.8 Å². The fraction of sp³-hybridized carbons (Fsp3) is 0.0526. The monoisotopic (exact) mass is 332 g/mol. The zero-order valence-corrected chi connectivity index (χ0v) is 13.8. The average molecular weight is 332 g/mol. The summed E-state index contributed by atoms with van der Waals surface area (Å²) < 4.78 is 2.19. The number of hydrogen-bond acceptors (Lipinski definition) is 2. The van der Waals surface area contributed by atoms with E-state index in [0.717, 1.165) is 16.7 Å². The third-order valence-corrected chi connectivity index (χ3v) is 4.25. The van der Waals surface area contributed by atoms with Crippen molar-refractivity contribution in [1.82, 2.24) is 14.9 Å². The molecule has 24 heavy (non-hydrogen) atoms. The first-order valence-corrected chi connectivity index (χ1v) is 8.14. The Hall–Kier alpha value is -2.92. The summed E-state index contributed by atoms with van der Waals surface area (Å²) in [5.41, 5.74) is 3.23. The van der Waals surface area contributed by atoms with Gasteiger partial charge in [0.2, 0.25) is 0 Å². The Labute approximate surface area is 145 Å². The van der Waals surface area contributed by atoms with Gasteiger partial charge in [0.05, 0.1) is 23.9 Å². The molecule has 4 rings (SSSR count). The van der Waals surface area contributed by atoms with E-state index < -0.39 is 0 Å². The highest BCUT2D eigenvalue weighted by Crippen LogP contribution is 2.27. The number of nitrogens with zero attached hydrogens (tertiary/aromatic N) is 2. The number of rotatable bonds is 3. The second-order valence-electron chi connectivity index (χ2n) is 5.49. The minimum absolute atomic E-state index is 0.578. The van der Waals surface area contributed by atoms with Crippen molar-refractivity contribution in [2.45, 2.75) is 6.67 Å². The van der Waals surface area contributed by atoms with Crippen molar-refractivity contribution >= 4 is 44.8 Å². The molecule has 0 spiro atoms. The van der Waals surface area contributed by atoms with Crippen LogP contribution in [0.1, 0.15) is 0 Å². The second kappa shape index (κ2) is 6.29. The van der Waals surface area contributed by atoms with Gasteiger partial charge in [-0.25, -0.2) is 0 Å². The van der Waals surface area contributed by atoms with E-state index in [9.17, 15) is 0 Å². The molecule has 0 amide bonds. The number of anilines is 1. The molecule has 0 fully saturated rings. The summed E-state index contributed by atoms with van der Waals surface area (Å²) in [5.74, 6) is 0. The van der Waals surface area contributed by atoms with Gasteiger partial charge in [0, 0.05) is 22.7 Å². The van der Waals surface area contributed by atoms with Crippen molar-refractivity contribution in [3.63, 3.8) is 0 Å². The lowest BCUT2D eigenvalue weighted by atomic mass is 10.2. The van der Waals surface area contributed by atoms with Crippen LogP contribution in [-0.4, -0.2) is 14.7 Å². The summed E-state index contributed by atoms with van der Waals surface area (Å²) in [6, 6.07) is 20.3. The largest absolute Gasteiger partial charge is 0.345 e. The molecule has 0 aliphatic heterocycles. The van der Waals surface area contributed by atoms with Crippen molar-refractivity contribution in [2.24, 2.45) is 0 Å². The normalized spacial score (nSPS) is 10.8. The summed E-state index contributed by atoms with van der Waals surface area (Å²) in [7, 11) is 0. The number of aromatic nitrogens is 2. The first-order chi connectivity index (χ1) is 11.8. The van der Waals surface area contributed by atoms with E-state index in [-0.39, 0.29) is 0 Å². The predicted molar refractivity (Wildman–Crippen MR) is 103 cm³/mol. The molecule has 0 bridgehead atoms. The zero-order valence-electron chi connectivity index (χ0n) is 12.9. The van der Waals surface area contributed by atoms with Gasteiger partial charge in [-0.05, 0) is 36.5 Å². The lowest BCUT2D eigenvalue weighted by Crippen LogP contribution is -2.30. The summed E-state index contributed by atoms with van der Waals surface area (Å²) in [5, 5.41) is 9.48. The molecule has 2 aromatic heterocycles. The van der Waals surface area contributed by atoms with Gasteiger partial charge in [-0.15, -0.1) is 0 Å². The molecule has 2 heterocycles. The van der Waals surface area contributed by atoms with E-state index in [1.807, 2.05) is 48.8 Å². The Morgan fingerprint density at radius 3 is 2.54 bits per heavy atom. The topological polar surface area (TPSA) is 41.9 Å². The third kappa shape index (κ3) is 2.70. The van der Waals surface area contributed by atoms with Crippen molar-refractivity contribution in [2.75, 3.05) is 5.32 Å². The molecular weight excluding hydrogens is 316 g/mol. The van der Waals surface area contributed by atoms with Gasteiger partial charge in [0.25, 0.3) is 0 Å². The van der Waals surface area contributed by atoms with Crippen LogP contribution < -0.4 is 10.6 Å². The maximum absolute atomic E-state index is 5.40. The van der Waals surface area contributed by atoms with Gasteiger partial charge in [0.1, 0.15) is 0 Å². The highest BCUT2D eigenvalue weighted by molar-refractivity contribution is 7.80. The Balaban J connectivity index is 1.61. The first kappa shape index (κ1) is 14.7. The van der Waals surface area contributed by atoms with E-state index in [4.69, 9.17) is 12.2 Å². The van der Waals surface area contributed by atoms with Gasteiger partial charge in [0.15, 0.2) is 5.11 Å². The van der Waals surface area contributed by atoms with Crippen molar-refractivity contribution in [3.8, 4) is 0 Å². The van der Waals surface area contributed by atoms with Crippen LogP contribution in [0.25, 0.3) is 21.8 Å². The van der Waals surface area contributed by atoms with Crippen LogP contribution in [0, 0.1) is 0 Å². The number of thiocarbonyl (C=S) groups is 1. The van der Waals surface area contributed by atoms with Gasteiger partial charge in [-0.2, -0.15) is 0 Å². The number of fused-ring (bicyclic) bond motifs is 3. The Bertz CT molecular complexity index is 954. The number of nitrogens with one attached hydrogen (secondary N) is 2. The molecular formula is C19H16N4S. The lowest BCUT2D eigenvalue weighted by Gasteiger charge is -2.13. The maximum atomic E-state index is 5.40. The highest BCUT2D eigenvalue weighted by Gasteiger charge is 2.09. The molecule has 0 saturated carbocycles. The Morgan fingerprint density at radius 2 is 1.67 bits per heavy atom. The molecule has 118 valence electrons. The minimum Gasteiger partial charge on any atom is -0.345 e. The van der Waals surface area contributed by atoms with Crippen LogP contribution in [0.4, 0.5) is 5.69 Å². The van der Waals surface area contributed by atoms with Crippen LogP contribution in [0.15, 0.2) is 73.1 Å². The molecule has 2 aromatic carbocycles. The summed E-state index contributed by atoms with van der Waals surface area (Å²) >= 11 is 5.40. The second-order valence-corrected chi connectivity index (χ2v) is 5.90. The van der Waals surface area contributed by atoms with Crippen LogP contribution in [0.3, 0.4) is 0 Å². The summed E-state index contributed by atoms with van der Waals surface area (Å²) in [4.78, 5) is 4.27. The summed E-state index contributed by atoms with van der Waals surface area (Å²) in [6.45, 7) is 0.578. The molecule has 0 unspecified atom stereocenters. The Morgan fingerprint density at radius 1 is 0.917 bits per heavy atom. The zero-order chi connectivity index (χ0) is 16.4. The molecule has 0 radical (unpaired) electrons. The van der Waals surface area contributed by atoms with Gasteiger partial charge < -0.3 is 15.2 Å². The molecule has 0 atom stereocenters. The van der Waals surface area contributed by atoms with Gasteiger partial charge >= 0.3 is 0 Å². The van der Waals surface area contributed by atoms with Crippen molar-refractivity contribution in [3.05, 3.63) is 73.1 Å². The average Bonchev–Trinajstić information content (AvgIpc) is 2.95. The van der Waals surface area contributed by atoms with Gasteiger partial charge in [-0.3, -0.25) is 4.98 Å². The SMILES string of the molecule is S=C(NCn1c2ccccc2c2ccncc21)Nc1ccccc1. The van der Waals surface area contributed by atoms with Gasteiger partial charge in [-0.1, -0.05) is 36.4 Å². The third-order valence-electron chi connectivity index (χ3n) is 4.01. The first-order valence-electron chi connectivity index (χ1n) is 7.74. The van der Waals surface area contributed by atoms with Crippen LogP contribution >= 0.6 is 12.2 Å². The molecule has 0 saturated heterocycles. The minimum atomic E-state index is 0.578. The lowest BCUT2D eigenvalue weighted by molar-refractivity contribution is 0.713. The summed E-state index contributed by atoms with van der Waals surface area (Å²) in [6.07, 6.45) is 3.72. The molecule has 4 aromatic rings. The Kier molecular flexibility index (Phi) is 3.84. The van der Waals surface area contributed by atoms with Crippen molar-refractivity contribution < 1.29 is 0 Å². The number of hydrogen-bond donors (Lipinski definition) is 2. The van der Waals surface area contributed by atoms with E-state index >= 15 is 0 Å². The van der Waals surface area contributed by atoms with E-state index in [2.05, 4.69) is 44.5 Å². The molecule has 2 N–H and O–H groups in total. The standard InChI is InChI=1S/C19H16N4S/c24-19(22-14-6-2-1-3-7-14)21-13-23-17-9-5-4-8-15(17)16-10-11-20-12-18(16)23/h1-12H,13H2,(H2,21,22,24). The fourth-order valence-corrected chi connectivity index (χ4v) is 3.10. The molecule has 5 heteroatoms. The molecule has 0 aliphatic rings. The number of benzene rings is 2. The van der Waals surface area contributed by atoms with Crippen LogP contribution in [0.5, 0.6) is 0 Å². The van der Waals surface area contributed by atoms with Crippen molar-refractivity contribution in [1.29, 1.82) is 0 Å². The number of pyridine rings is 1. The fourth-order valence-electron chi connectivity index (χ4n) is 2.91. The van der Waals surface area contributed by atoms with E-state index in [1.54, 1.807) is 0 Å². The van der Waals surface area contributed by atoms with E-state index in [1.165, 1.54) is 10.8 Å². The van der Waals surface area contributed by atoms with Crippen LogP contribution in [0.2, 0.25) is 0 Å². The maximum Gasteiger partial charge on any atom is 0.172 e. The highest BCUT2D eigenvalue weighted by atomic mass is 32.1. The smallest absolute Gasteiger partial charge is 0.172 e. The predicted octanol–water partition coefficient (Wildman–Crippen LogP) is 4.13.